The van der Waals surface area contributed by atoms with Gasteiger partial charge in [0.15, 0.2) is 0 Å². The lowest BCUT2D eigenvalue weighted by Gasteiger charge is -2.19. The van der Waals surface area contributed by atoms with Gasteiger partial charge in [0.2, 0.25) is 10.0 Å². The van der Waals surface area contributed by atoms with Crippen LogP contribution >= 0.6 is 11.6 Å². The third-order valence-electron chi connectivity index (χ3n) is 3.33. The van der Waals surface area contributed by atoms with Gasteiger partial charge in [-0.2, -0.15) is 4.72 Å². The van der Waals surface area contributed by atoms with Crippen molar-refractivity contribution in [2.75, 3.05) is 0 Å². The zero-order chi connectivity index (χ0) is 17.0. The summed E-state index contributed by atoms with van der Waals surface area (Å²) >= 11 is 5.84. The molecule has 0 aliphatic heterocycles. The maximum atomic E-state index is 12.5. The Hall–Kier alpha value is -1.95. The Bertz CT molecular complexity index is 812. The van der Waals surface area contributed by atoms with E-state index >= 15 is 0 Å². The van der Waals surface area contributed by atoms with Gasteiger partial charge < -0.3 is 0 Å². The van der Waals surface area contributed by atoms with Gasteiger partial charge >= 0.3 is 0 Å². The SMILES string of the molecule is C=C(C=O)[C@H](NS(=O)(=O)c1ccc(C)cc1)c1ccc(Cl)cc1. The summed E-state index contributed by atoms with van der Waals surface area (Å²) < 4.78 is 27.6. The minimum atomic E-state index is -3.79. The van der Waals surface area contributed by atoms with E-state index in [1.54, 1.807) is 36.4 Å². The summed E-state index contributed by atoms with van der Waals surface area (Å²) in [6.07, 6.45) is 0.539. The molecule has 2 rings (SSSR count). The van der Waals surface area contributed by atoms with Gasteiger partial charge in [-0.25, -0.2) is 8.42 Å². The highest BCUT2D eigenvalue weighted by Gasteiger charge is 2.23. The van der Waals surface area contributed by atoms with Crippen molar-refractivity contribution in [1.82, 2.24) is 4.72 Å². The molecule has 0 radical (unpaired) electrons. The number of rotatable bonds is 6. The maximum absolute atomic E-state index is 12.5. The standard InChI is InChI=1S/C17H16ClNO3S/c1-12-3-9-16(10-4-12)23(21,22)19-17(13(2)11-20)14-5-7-15(18)8-6-14/h3-11,17,19H,2H2,1H3/t17-/m0/s1. The van der Waals surface area contributed by atoms with Crippen LogP contribution in [0.4, 0.5) is 0 Å². The van der Waals surface area contributed by atoms with Crippen LogP contribution in [0.15, 0.2) is 65.6 Å². The van der Waals surface area contributed by atoms with E-state index in [4.69, 9.17) is 11.6 Å². The number of aryl methyl sites for hydroxylation is 1. The minimum Gasteiger partial charge on any atom is -0.298 e. The van der Waals surface area contributed by atoms with Crippen molar-refractivity contribution in [3.05, 3.63) is 76.8 Å². The molecule has 0 aliphatic carbocycles. The van der Waals surface area contributed by atoms with Gasteiger partial charge in [-0.05, 0) is 36.8 Å². The first-order valence-electron chi connectivity index (χ1n) is 6.82. The van der Waals surface area contributed by atoms with Gasteiger partial charge in [0.1, 0.15) is 6.29 Å². The molecule has 0 amide bonds. The topological polar surface area (TPSA) is 63.2 Å². The van der Waals surface area contributed by atoms with Crippen molar-refractivity contribution in [3.8, 4) is 0 Å². The molecule has 23 heavy (non-hydrogen) atoms. The molecule has 6 heteroatoms. The smallest absolute Gasteiger partial charge is 0.241 e. The molecule has 0 fully saturated rings. The second-order valence-corrected chi connectivity index (χ2v) is 7.26. The van der Waals surface area contributed by atoms with Gasteiger partial charge in [0.25, 0.3) is 0 Å². The second-order valence-electron chi connectivity index (χ2n) is 5.11. The Morgan fingerprint density at radius 2 is 1.70 bits per heavy atom. The number of aldehydes is 1. The predicted molar refractivity (Wildman–Crippen MR) is 90.9 cm³/mol. The van der Waals surface area contributed by atoms with E-state index in [0.717, 1.165) is 5.56 Å². The Balaban J connectivity index is 2.37. The summed E-state index contributed by atoms with van der Waals surface area (Å²) in [7, 11) is -3.79. The van der Waals surface area contributed by atoms with Crippen molar-refractivity contribution in [2.45, 2.75) is 17.9 Å². The lowest BCUT2D eigenvalue weighted by molar-refractivity contribution is -0.105. The van der Waals surface area contributed by atoms with Crippen molar-refractivity contribution < 1.29 is 13.2 Å². The fourth-order valence-corrected chi connectivity index (χ4v) is 3.38. The molecule has 0 heterocycles. The molecular weight excluding hydrogens is 334 g/mol. The van der Waals surface area contributed by atoms with Crippen molar-refractivity contribution >= 4 is 27.9 Å². The third-order valence-corrected chi connectivity index (χ3v) is 5.02. The molecule has 0 saturated heterocycles. The number of carbonyl (C=O) groups excluding carboxylic acids is 1. The fourth-order valence-electron chi connectivity index (χ4n) is 2.02. The summed E-state index contributed by atoms with van der Waals surface area (Å²) in [5.41, 5.74) is 1.65. The Morgan fingerprint density at radius 3 is 2.22 bits per heavy atom. The summed E-state index contributed by atoms with van der Waals surface area (Å²) in [5, 5.41) is 0.519. The Morgan fingerprint density at radius 1 is 1.13 bits per heavy atom. The largest absolute Gasteiger partial charge is 0.298 e. The van der Waals surface area contributed by atoms with Gasteiger partial charge in [0.05, 0.1) is 10.9 Å². The third kappa shape index (κ3) is 4.28. The van der Waals surface area contributed by atoms with Crippen LogP contribution in [0, 0.1) is 6.92 Å². The zero-order valence-electron chi connectivity index (χ0n) is 12.5. The van der Waals surface area contributed by atoms with Crippen LogP contribution in [0.2, 0.25) is 5.02 Å². The van der Waals surface area contributed by atoms with Gasteiger partial charge in [0, 0.05) is 10.6 Å². The van der Waals surface area contributed by atoms with Crippen LogP contribution in [0.1, 0.15) is 17.2 Å². The van der Waals surface area contributed by atoms with E-state index in [9.17, 15) is 13.2 Å². The molecule has 2 aromatic carbocycles. The molecule has 0 unspecified atom stereocenters. The molecule has 1 N–H and O–H groups in total. The van der Waals surface area contributed by atoms with Gasteiger partial charge in [-0.15, -0.1) is 0 Å². The van der Waals surface area contributed by atoms with Crippen LogP contribution in [-0.2, 0) is 14.8 Å². The maximum Gasteiger partial charge on any atom is 0.241 e. The van der Waals surface area contributed by atoms with Crippen LogP contribution in [0.3, 0.4) is 0 Å². The molecule has 0 spiro atoms. The molecular formula is C17H16ClNO3S. The summed E-state index contributed by atoms with van der Waals surface area (Å²) in [6, 6.07) is 12.2. The molecule has 0 saturated carbocycles. The zero-order valence-corrected chi connectivity index (χ0v) is 14.1. The second kappa shape index (κ2) is 7.08. The first-order chi connectivity index (χ1) is 10.8. The molecule has 4 nitrogen and oxygen atoms in total. The summed E-state index contributed by atoms with van der Waals surface area (Å²) in [5.74, 6) is 0. The van der Waals surface area contributed by atoms with Crippen LogP contribution in [-0.4, -0.2) is 14.7 Å². The van der Waals surface area contributed by atoms with E-state index in [-0.39, 0.29) is 10.5 Å². The van der Waals surface area contributed by atoms with Crippen molar-refractivity contribution in [1.29, 1.82) is 0 Å². The normalized spacial score (nSPS) is 12.6. The average molecular weight is 350 g/mol. The fraction of sp³-hybridized carbons (Fsp3) is 0.118. The highest BCUT2D eigenvalue weighted by molar-refractivity contribution is 7.89. The molecule has 2 aromatic rings. The quantitative estimate of drug-likeness (QED) is 0.642. The van der Waals surface area contributed by atoms with E-state index in [1.807, 2.05) is 6.92 Å². The number of nitrogens with one attached hydrogen (secondary N) is 1. The Kier molecular flexibility index (Phi) is 5.36. The predicted octanol–water partition coefficient (Wildman–Crippen LogP) is 3.42. The van der Waals surface area contributed by atoms with E-state index < -0.39 is 16.1 Å². The average Bonchev–Trinajstić information content (AvgIpc) is 2.53. The lowest BCUT2D eigenvalue weighted by Crippen LogP contribution is -2.30. The summed E-state index contributed by atoms with van der Waals surface area (Å²) in [4.78, 5) is 11.2. The number of hydrogen-bond acceptors (Lipinski definition) is 3. The highest BCUT2D eigenvalue weighted by Crippen LogP contribution is 2.24. The van der Waals surface area contributed by atoms with Crippen LogP contribution < -0.4 is 4.72 Å². The Labute approximate surface area is 140 Å². The van der Waals surface area contributed by atoms with E-state index in [1.165, 1.54) is 12.1 Å². The first-order valence-corrected chi connectivity index (χ1v) is 8.68. The number of carbonyl (C=O) groups is 1. The van der Waals surface area contributed by atoms with Crippen LogP contribution in [0.25, 0.3) is 0 Å². The molecule has 1 atom stereocenters. The van der Waals surface area contributed by atoms with Gasteiger partial charge in [-0.3, -0.25) is 4.79 Å². The monoisotopic (exact) mass is 349 g/mol. The number of halogens is 1. The molecule has 0 aliphatic rings. The molecule has 0 bridgehead atoms. The van der Waals surface area contributed by atoms with Crippen LogP contribution in [0.5, 0.6) is 0 Å². The number of sulfonamides is 1. The highest BCUT2D eigenvalue weighted by atomic mass is 35.5. The minimum absolute atomic E-state index is 0.114. The van der Waals surface area contributed by atoms with E-state index in [2.05, 4.69) is 11.3 Å². The number of benzene rings is 2. The van der Waals surface area contributed by atoms with Crippen molar-refractivity contribution in [2.24, 2.45) is 0 Å². The summed E-state index contributed by atoms with van der Waals surface area (Å²) in [6.45, 7) is 5.51. The first kappa shape index (κ1) is 17.4. The molecule has 0 aromatic heterocycles. The van der Waals surface area contributed by atoms with Gasteiger partial charge in [-0.1, -0.05) is 48.0 Å². The number of hydrogen-bond donors (Lipinski definition) is 1. The van der Waals surface area contributed by atoms with E-state index in [0.29, 0.717) is 16.9 Å². The van der Waals surface area contributed by atoms with Crippen molar-refractivity contribution in [3.63, 3.8) is 0 Å². The molecule has 120 valence electrons. The lowest BCUT2D eigenvalue weighted by atomic mass is 10.0.